The molecular formula is C14H16ClNO2. The van der Waals surface area contributed by atoms with Gasteiger partial charge in [0.2, 0.25) is 6.08 Å². The average Bonchev–Trinajstić information content (AvgIpc) is 2.31. The number of aliphatic imine (C=N–C) groups is 1. The lowest BCUT2D eigenvalue weighted by molar-refractivity contribution is 0.253. The van der Waals surface area contributed by atoms with Crippen LogP contribution in [0.25, 0.3) is 0 Å². The number of phenolic OH excluding ortho intramolecular Hbond substituents is 1. The number of rotatable bonds is 2. The van der Waals surface area contributed by atoms with Gasteiger partial charge in [0.1, 0.15) is 5.75 Å². The van der Waals surface area contributed by atoms with E-state index in [4.69, 9.17) is 11.6 Å². The van der Waals surface area contributed by atoms with Gasteiger partial charge in [0.25, 0.3) is 0 Å². The third-order valence-corrected chi connectivity index (χ3v) is 4.57. The summed E-state index contributed by atoms with van der Waals surface area (Å²) in [7, 11) is 0. The van der Waals surface area contributed by atoms with Gasteiger partial charge in [0.05, 0.1) is 10.6 Å². The minimum absolute atomic E-state index is 0.125. The molecule has 0 radical (unpaired) electrons. The van der Waals surface area contributed by atoms with E-state index < -0.39 is 5.54 Å². The van der Waals surface area contributed by atoms with Crippen LogP contribution >= 0.6 is 11.6 Å². The van der Waals surface area contributed by atoms with Crippen LogP contribution in [0.1, 0.15) is 41.5 Å². The number of hydrogen-bond acceptors (Lipinski definition) is 3. The molecule has 0 saturated heterocycles. The van der Waals surface area contributed by atoms with Crippen molar-refractivity contribution in [3.63, 3.8) is 0 Å². The maximum absolute atomic E-state index is 10.7. The van der Waals surface area contributed by atoms with Crippen molar-refractivity contribution < 1.29 is 9.90 Å². The van der Waals surface area contributed by atoms with Crippen LogP contribution in [0.15, 0.2) is 4.99 Å². The zero-order chi connectivity index (χ0) is 13.5. The molecule has 1 fully saturated rings. The average molecular weight is 266 g/mol. The summed E-state index contributed by atoms with van der Waals surface area (Å²) < 4.78 is 0. The van der Waals surface area contributed by atoms with Gasteiger partial charge in [-0.3, -0.25) is 0 Å². The van der Waals surface area contributed by atoms with Crippen LogP contribution < -0.4 is 0 Å². The smallest absolute Gasteiger partial charge is 0.235 e. The maximum atomic E-state index is 10.7. The molecule has 0 aromatic heterocycles. The molecule has 1 N–H and O–H groups in total. The number of carbonyl (C=O) groups excluding carboxylic acids is 1. The Labute approximate surface area is 111 Å². The number of nitrogens with zero attached hydrogens (tertiary/aromatic N) is 1. The fourth-order valence-corrected chi connectivity index (χ4v) is 3.05. The molecule has 1 aliphatic rings. The van der Waals surface area contributed by atoms with Crippen LogP contribution in [0, 0.1) is 20.8 Å². The molecule has 1 aliphatic carbocycles. The van der Waals surface area contributed by atoms with Crippen molar-refractivity contribution >= 4 is 17.7 Å². The van der Waals surface area contributed by atoms with Crippen molar-refractivity contribution in [2.45, 2.75) is 45.6 Å². The Balaban J connectivity index is 2.75. The van der Waals surface area contributed by atoms with Gasteiger partial charge in [0.15, 0.2) is 0 Å². The third kappa shape index (κ3) is 1.66. The predicted octanol–water partition coefficient (Wildman–Crippen LogP) is 3.69. The molecule has 0 bridgehead atoms. The minimum Gasteiger partial charge on any atom is -0.506 e. The van der Waals surface area contributed by atoms with E-state index in [0.717, 1.165) is 41.5 Å². The van der Waals surface area contributed by atoms with E-state index in [1.807, 2.05) is 20.8 Å². The van der Waals surface area contributed by atoms with E-state index in [1.165, 1.54) is 0 Å². The van der Waals surface area contributed by atoms with Gasteiger partial charge in [0, 0.05) is 0 Å². The lowest BCUT2D eigenvalue weighted by atomic mass is 9.69. The summed E-state index contributed by atoms with van der Waals surface area (Å²) in [5, 5.41) is 10.3. The molecule has 0 spiro atoms. The van der Waals surface area contributed by atoms with Crippen LogP contribution in [0.3, 0.4) is 0 Å². The maximum Gasteiger partial charge on any atom is 0.235 e. The molecule has 0 amide bonds. The zero-order valence-electron chi connectivity index (χ0n) is 10.8. The van der Waals surface area contributed by atoms with E-state index in [1.54, 1.807) is 6.08 Å². The second kappa shape index (κ2) is 4.42. The van der Waals surface area contributed by atoms with E-state index in [9.17, 15) is 9.90 Å². The summed E-state index contributed by atoms with van der Waals surface area (Å²) in [5.41, 5.74) is 3.05. The van der Waals surface area contributed by atoms with Crippen molar-refractivity contribution in [1.29, 1.82) is 0 Å². The number of phenols is 1. The van der Waals surface area contributed by atoms with Gasteiger partial charge >= 0.3 is 0 Å². The Morgan fingerprint density at radius 2 is 1.83 bits per heavy atom. The Morgan fingerprint density at radius 3 is 2.28 bits per heavy atom. The van der Waals surface area contributed by atoms with Gasteiger partial charge in [-0.2, -0.15) is 4.99 Å². The molecule has 96 valence electrons. The zero-order valence-corrected chi connectivity index (χ0v) is 11.6. The monoisotopic (exact) mass is 265 g/mol. The fraction of sp³-hybridized carbons (Fsp3) is 0.500. The first-order chi connectivity index (χ1) is 8.44. The normalized spacial score (nSPS) is 16.9. The number of hydrogen-bond donors (Lipinski definition) is 1. The Hall–Kier alpha value is -1.31. The molecule has 0 unspecified atom stereocenters. The lowest BCUT2D eigenvalue weighted by Crippen LogP contribution is -2.34. The van der Waals surface area contributed by atoms with Crippen LogP contribution in [0.4, 0.5) is 0 Å². The van der Waals surface area contributed by atoms with Gasteiger partial charge in [-0.1, -0.05) is 11.6 Å². The molecule has 0 atom stereocenters. The predicted molar refractivity (Wildman–Crippen MR) is 71.0 cm³/mol. The summed E-state index contributed by atoms with van der Waals surface area (Å²) >= 11 is 6.16. The minimum atomic E-state index is -0.474. The number of benzene rings is 1. The van der Waals surface area contributed by atoms with Gasteiger partial charge in [-0.15, -0.1) is 0 Å². The second-order valence-electron chi connectivity index (χ2n) is 5.00. The van der Waals surface area contributed by atoms with Crippen molar-refractivity contribution in [2.24, 2.45) is 4.99 Å². The van der Waals surface area contributed by atoms with E-state index in [2.05, 4.69) is 4.99 Å². The Bertz CT molecular complexity index is 526. The quantitative estimate of drug-likeness (QED) is 0.655. The summed E-state index contributed by atoms with van der Waals surface area (Å²) in [6.07, 6.45) is 4.41. The topological polar surface area (TPSA) is 49.7 Å². The summed E-state index contributed by atoms with van der Waals surface area (Å²) in [4.78, 5) is 14.7. The highest BCUT2D eigenvalue weighted by molar-refractivity contribution is 6.33. The number of isocyanates is 1. The van der Waals surface area contributed by atoms with Crippen LogP contribution in [0.2, 0.25) is 5.02 Å². The molecule has 0 aliphatic heterocycles. The summed E-state index contributed by atoms with van der Waals surface area (Å²) in [6.45, 7) is 5.63. The SMILES string of the molecule is Cc1c(C)c(C2(N=C=O)CCC2)c(C)c(Cl)c1O. The van der Waals surface area contributed by atoms with Gasteiger partial charge < -0.3 is 5.11 Å². The van der Waals surface area contributed by atoms with Crippen LogP contribution in [-0.4, -0.2) is 11.2 Å². The number of aromatic hydroxyl groups is 1. The molecule has 1 saturated carbocycles. The van der Waals surface area contributed by atoms with Crippen molar-refractivity contribution in [3.8, 4) is 5.75 Å². The van der Waals surface area contributed by atoms with Gasteiger partial charge in [-0.05, 0) is 62.3 Å². The van der Waals surface area contributed by atoms with E-state index >= 15 is 0 Å². The highest BCUT2D eigenvalue weighted by Gasteiger charge is 2.42. The van der Waals surface area contributed by atoms with Crippen molar-refractivity contribution in [1.82, 2.24) is 0 Å². The summed E-state index contributed by atoms with van der Waals surface area (Å²) in [6, 6.07) is 0. The highest BCUT2D eigenvalue weighted by Crippen LogP contribution is 2.50. The molecule has 2 rings (SSSR count). The van der Waals surface area contributed by atoms with Crippen LogP contribution in [-0.2, 0) is 10.3 Å². The van der Waals surface area contributed by atoms with Crippen molar-refractivity contribution in [3.05, 3.63) is 27.3 Å². The Morgan fingerprint density at radius 1 is 1.22 bits per heavy atom. The molecule has 0 heterocycles. The molecule has 1 aromatic rings. The molecule has 4 heteroatoms. The summed E-state index contributed by atoms with van der Waals surface area (Å²) in [5.74, 6) is 0.125. The van der Waals surface area contributed by atoms with Gasteiger partial charge in [-0.25, -0.2) is 4.79 Å². The standard InChI is InChI=1S/C14H16ClNO2/c1-8-9(2)13(18)12(15)10(3)11(8)14(16-7-17)5-4-6-14/h18H,4-6H2,1-3H3. The molecule has 1 aromatic carbocycles. The van der Waals surface area contributed by atoms with Crippen LogP contribution in [0.5, 0.6) is 5.75 Å². The Kier molecular flexibility index (Phi) is 3.22. The highest BCUT2D eigenvalue weighted by atomic mass is 35.5. The van der Waals surface area contributed by atoms with E-state index in [0.29, 0.717) is 5.02 Å². The molecular weight excluding hydrogens is 250 g/mol. The largest absolute Gasteiger partial charge is 0.506 e. The third-order valence-electron chi connectivity index (χ3n) is 4.11. The number of halogens is 1. The van der Waals surface area contributed by atoms with Crippen molar-refractivity contribution in [2.75, 3.05) is 0 Å². The molecule has 3 nitrogen and oxygen atoms in total. The molecule has 18 heavy (non-hydrogen) atoms. The first kappa shape index (κ1) is 13.1. The lowest BCUT2D eigenvalue weighted by Gasteiger charge is -2.40. The first-order valence-corrected chi connectivity index (χ1v) is 6.40. The van der Waals surface area contributed by atoms with E-state index in [-0.39, 0.29) is 5.75 Å². The second-order valence-corrected chi connectivity index (χ2v) is 5.38. The first-order valence-electron chi connectivity index (χ1n) is 6.02. The fourth-order valence-electron chi connectivity index (χ4n) is 2.81.